The lowest BCUT2D eigenvalue weighted by Gasteiger charge is -2.26. The van der Waals surface area contributed by atoms with E-state index in [0.717, 1.165) is 5.70 Å². The van der Waals surface area contributed by atoms with Crippen LogP contribution in [0.25, 0.3) is 77.0 Å². The molecule has 1 unspecified atom stereocenters. The Bertz CT molecular complexity index is 2860. The number of allylic oxidation sites excluding steroid dienone is 2. The molecule has 1 nitrogen and oxygen atoms in total. The van der Waals surface area contributed by atoms with Crippen molar-refractivity contribution in [1.29, 1.82) is 0 Å². The van der Waals surface area contributed by atoms with Crippen LogP contribution >= 0.6 is 0 Å². The van der Waals surface area contributed by atoms with Crippen molar-refractivity contribution in [3.8, 4) is 33.4 Å². The van der Waals surface area contributed by atoms with E-state index in [2.05, 4.69) is 218 Å². The summed E-state index contributed by atoms with van der Waals surface area (Å²) in [6, 6.07) is 72.8. The highest BCUT2D eigenvalue weighted by Crippen LogP contribution is 2.40. The van der Waals surface area contributed by atoms with Crippen molar-refractivity contribution in [2.24, 2.45) is 0 Å². The zero-order chi connectivity index (χ0) is 35.8. The Kier molecular flexibility index (Phi) is 7.96. The van der Waals surface area contributed by atoms with Gasteiger partial charge in [-0.15, -0.1) is 0 Å². The maximum Gasteiger partial charge on any atom is 0.0707 e. The third-order valence-corrected chi connectivity index (χ3v) is 10.9. The monoisotopic (exact) mass is 687 g/mol. The molecule has 1 aliphatic heterocycles. The van der Waals surface area contributed by atoms with Gasteiger partial charge in [0.15, 0.2) is 0 Å². The standard InChI is InChI=1S/C53H37N/c1-4-14-36(15-5-1)43-26-28-48-49-29-27-44(33-51(49)47-25-11-10-24-46(47)50(48)32-43)41-22-12-20-39(30-41)40-21-13-23-42(31-40)45-34-52(37-16-6-2-7-17-37)54-53(35-45)38-18-8-3-9-19-38/h1-35,52,54H. The van der Waals surface area contributed by atoms with Crippen molar-refractivity contribution in [1.82, 2.24) is 5.32 Å². The minimum atomic E-state index is 0.0698. The van der Waals surface area contributed by atoms with Crippen molar-refractivity contribution < 1.29 is 0 Å². The molecule has 1 heteroatoms. The number of nitrogens with one attached hydrogen (secondary N) is 1. The van der Waals surface area contributed by atoms with E-state index < -0.39 is 0 Å². The zero-order valence-corrected chi connectivity index (χ0v) is 29.8. The molecular formula is C53H37N. The van der Waals surface area contributed by atoms with Gasteiger partial charge in [-0.25, -0.2) is 0 Å². The van der Waals surface area contributed by atoms with E-state index in [9.17, 15) is 0 Å². The van der Waals surface area contributed by atoms with Gasteiger partial charge in [0, 0.05) is 5.70 Å². The summed E-state index contributed by atoms with van der Waals surface area (Å²) in [5, 5.41) is 11.5. The van der Waals surface area contributed by atoms with Crippen LogP contribution in [-0.2, 0) is 0 Å². The van der Waals surface area contributed by atoms with Gasteiger partial charge >= 0.3 is 0 Å². The van der Waals surface area contributed by atoms with Crippen LogP contribution in [-0.4, -0.2) is 0 Å². The molecule has 1 heterocycles. The van der Waals surface area contributed by atoms with E-state index in [-0.39, 0.29) is 6.04 Å². The summed E-state index contributed by atoms with van der Waals surface area (Å²) in [6.45, 7) is 0. The van der Waals surface area contributed by atoms with Gasteiger partial charge in [0.25, 0.3) is 0 Å². The van der Waals surface area contributed by atoms with Crippen molar-refractivity contribution in [2.75, 3.05) is 0 Å². The minimum Gasteiger partial charge on any atom is -0.374 e. The van der Waals surface area contributed by atoms with Crippen LogP contribution in [0, 0.1) is 0 Å². The first-order valence-corrected chi connectivity index (χ1v) is 18.7. The summed E-state index contributed by atoms with van der Waals surface area (Å²) >= 11 is 0. The molecule has 1 atom stereocenters. The van der Waals surface area contributed by atoms with Gasteiger partial charge in [-0.1, -0.05) is 176 Å². The van der Waals surface area contributed by atoms with Crippen LogP contribution in [0.1, 0.15) is 22.7 Å². The molecule has 1 aliphatic rings. The van der Waals surface area contributed by atoms with Crippen LogP contribution in [0.3, 0.4) is 0 Å². The van der Waals surface area contributed by atoms with Crippen LogP contribution < -0.4 is 5.32 Å². The normalized spacial score (nSPS) is 14.1. The molecule has 0 fully saturated rings. The third-order valence-electron chi connectivity index (χ3n) is 10.9. The number of rotatable bonds is 6. The summed E-state index contributed by atoms with van der Waals surface area (Å²) < 4.78 is 0. The van der Waals surface area contributed by atoms with E-state index in [1.54, 1.807) is 0 Å². The Morgan fingerprint density at radius 2 is 0.722 bits per heavy atom. The summed E-state index contributed by atoms with van der Waals surface area (Å²) in [5.41, 5.74) is 13.3. The van der Waals surface area contributed by atoms with Crippen molar-refractivity contribution >= 4 is 43.6 Å². The SMILES string of the molecule is C1=C(c2cccc(-c3cccc(-c4ccc5c6ccc(-c7ccccc7)cc6c6ccccc6c5c4)c3)c2)C=C(c2ccccc2)NC1c1ccccc1. The number of hydrogen-bond acceptors (Lipinski definition) is 1. The molecule has 9 aromatic carbocycles. The Morgan fingerprint density at radius 1 is 0.296 bits per heavy atom. The van der Waals surface area contributed by atoms with Crippen LogP contribution in [0.15, 0.2) is 212 Å². The third kappa shape index (κ3) is 5.87. The highest BCUT2D eigenvalue weighted by Gasteiger charge is 2.19. The van der Waals surface area contributed by atoms with Gasteiger partial charge < -0.3 is 5.32 Å². The lowest BCUT2D eigenvalue weighted by Crippen LogP contribution is -2.21. The van der Waals surface area contributed by atoms with Gasteiger partial charge in [0.05, 0.1) is 6.04 Å². The minimum absolute atomic E-state index is 0.0698. The summed E-state index contributed by atoms with van der Waals surface area (Å²) in [7, 11) is 0. The second-order valence-corrected chi connectivity index (χ2v) is 14.2. The number of dihydropyridines is 1. The van der Waals surface area contributed by atoms with E-state index in [4.69, 9.17) is 0 Å². The topological polar surface area (TPSA) is 12.0 Å². The zero-order valence-electron chi connectivity index (χ0n) is 29.8. The molecule has 0 aliphatic carbocycles. The van der Waals surface area contributed by atoms with Crippen LogP contribution in [0.4, 0.5) is 0 Å². The fraction of sp³-hybridized carbons (Fsp3) is 0.0189. The molecule has 54 heavy (non-hydrogen) atoms. The molecule has 0 saturated heterocycles. The maximum atomic E-state index is 3.78. The molecule has 0 aromatic heterocycles. The van der Waals surface area contributed by atoms with E-state index in [0.29, 0.717) is 0 Å². The largest absolute Gasteiger partial charge is 0.374 e. The molecule has 254 valence electrons. The van der Waals surface area contributed by atoms with Crippen LogP contribution in [0.5, 0.6) is 0 Å². The van der Waals surface area contributed by atoms with Crippen LogP contribution in [0.2, 0.25) is 0 Å². The second kappa shape index (κ2) is 13.5. The van der Waals surface area contributed by atoms with Crippen molar-refractivity contribution in [2.45, 2.75) is 6.04 Å². The highest BCUT2D eigenvalue weighted by atomic mass is 14.9. The Balaban J connectivity index is 1.04. The predicted octanol–water partition coefficient (Wildman–Crippen LogP) is 13.9. The fourth-order valence-electron chi connectivity index (χ4n) is 8.14. The highest BCUT2D eigenvalue weighted by molar-refractivity contribution is 6.26. The first kappa shape index (κ1) is 31.7. The lowest BCUT2D eigenvalue weighted by molar-refractivity contribution is 0.767. The van der Waals surface area contributed by atoms with Gasteiger partial charge in [-0.05, 0) is 124 Å². The molecule has 10 rings (SSSR count). The van der Waals surface area contributed by atoms with Gasteiger partial charge in [-0.2, -0.15) is 0 Å². The summed E-state index contributed by atoms with van der Waals surface area (Å²) in [5.74, 6) is 0. The molecule has 0 amide bonds. The Labute approximate surface area is 316 Å². The van der Waals surface area contributed by atoms with Crippen molar-refractivity contribution in [3.05, 3.63) is 229 Å². The Morgan fingerprint density at radius 3 is 1.31 bits per heavy atom. The lowest BCUT2D eigenvalue weighted by atomic mass is 9.89. The molecule has 9 aromatic rings. The second-order valence-electron chi connectivity index (χ2n) is 14.2. The molecular weight excluding hydrogens is 651 g/mol. The number of hydrogen-bond donors (Lipinski definition) is 1. The first-order valence-electron chi connectivity index (χ1n) is 18.7. The maximum absolute atomic E-state index is 3.78. The van der Waals surface area contributed by atoms with Gasteiger partial charge in [-0.3, -0.25) is 0 Å². The molecule has 0 saturated carbocycles. The van der Waals surface area contributed by atoms with E-state index >= 15 is 0 Å². The predicted molar refractivity (Wildman–Crippen MR) is 230 cm³/mol. The average Bonchev–Trinajstić information content (AvgIpc) is 3.27. The molecule has 0 spiro atoms. The fourth-order valence-corrected chi connectivity index (χ4v) is 8.14. The smallest absolute Gasteiger partial charge is 0.0707 e. The number of fused-ring (bicyclic) bond motifs is 6. The molecule has 0 bridgehead atoms. The average molecular weight is 688 g/mol. The number of benzene rings is 9. The van der Waals surface area contributed by atoms with Crippen molar-refractivity contribution in [3.63, 3.8) is 0 Å². The van der Waals surface area contributed by atoms with Gasteiger partial charge in [0.2, 0.25) is 0 Å². The first-order chi connectivity index (χ1) is 26.7. The molecule has 0 radical (unpaired) electrons. The van der Waals surface area contributed by atoms with Gasteiger partial charge in [0.1, 0.15) is 0 Å². The molecule has 1 N–H and O–H groups in total. The quantitative estimate of drug-likeness (QED) is 0.172. The summed E-state index contributed by atoms with van der Waals surface area (Å²) in [4.78, 5) is 0. The summed E-state index contributed by atoms with van der Waals surface area (Å²) in [6.07, 6.45) is 4.64. The Hall–Kier alpha value is -6.96. The van der Waals surface area contributed by atoms with E-state index in [1.807, 2.05) is 0 Å². The van der Waals surface area contributed by atoms with E-state index in [1.165, 1.54) is 88.0 Å².